The van der Waals surface area contributed by atoms with E-state index in [4.69, 9.17) is 0 Å². The normalized spacial score (nSPS) is 21.3. The largest absolute Gasteiger partial charge is 0.289 e. The number of hydrogen-bond donors (Lipinski definition) is 0. The zero-order chi connectivity index (χ0) is 9.80. The summed E-state index contributed by atoms with van der Waals surface area (Å²) in [4.78, 5) is 11.7. The van der Waals surface area contributed by atoms with Gasteiger partial charge in [0.2, 0.25) is 0 Å². The first-order valence-corrected chi connectivity index (χ1v) is 4.53. The van der Waals surface area contributed by atoms with Gasteiger partial charge in [0.15, 0.2) is 5.78 Å². The van der Waals surface area contributed by atoms with Crippen molar-refractivity contribution in [2.45, 2.75) is 0 Å². The molecule has 0 radical (unpaired) electrons. The van der Waals surface area contributed by atoms with Crippen molar-refractivity contribution in [1.82, 2.24) is 0 Å². The number of benzene rings is 1. The van der Waals surface area contributed by atoms with Gasteiger partial charge in [0.1, 0.15) is 0 Å². The van der Waals surface area contributed by atoms with Gasteiger partial charge in [-0.15, -0.1) is 0 Å². The average Bonchev–Trinajstić information content (AvgIpc) is 2.30. The lowest BCUT2D eigenvalue weighted by atomic mass is 10.0. The van der Waals surface area contributed by atoms with E-state index in [9.17, 15) is 4.79 Å². The van der Waals surface area contributed by atoms with Crippen molar-refractivity contribution in [3.63, 3.8) is 0 Å². The van der Waals surface area contributed by atoms with Crippen molar-refractivity contribution in [1.29, 1.82) is 0 Å². The van der Waals surface area contributed by atoms with Crippen LogP contribution >= 0.6 is 0 Å². The fourth-order valence-corrected chi connectivity index (χ4v) is 1.39. The van der Waals surface area contributed by atoms with E-state index in [-0.39, 0.29) is 5.78 Å². The number of hydrogen-bond acceptors (Lipinski definition) is 1. The highest BCUT2D eigenvalue weighted by atomic mass is 16.1. The molecule has 0 fully saturated rings. The lowest BCUT2D eigenvalue weighted by molar-refractivity contribution is 0.104. The second-order valence-electron chi connectivity index (χ2n) is 3.05. The van der Waals surface area contributed by atoms with Crippen LogP contribution in [-0.4, -0.2) is 5.78 Å². The summed E-state index contributed by atoms with van der Waals surface area (Å²) < 4.78 is 0. The van der Waals surface area contributed by atoms with Crippen molar-refractivity contribution in [2.75, 3.05) is 0 Å². The highest BCUT2D eigenvalue weighted by Crippen LogP contribution is 2.13. The molecule has 0 saturated heterocycles. The van der Waals surface area contributed by atoms with E-state index in [2.05, 4.69) is 0 Å². The molecule has 1 heteroatoms. The van der Waals surface area contributed by atoms with Crippen molar-refractivity contribution >= 4 is 11.9 Å². The van der Waals surface area contributed by atoms with Gasteiger partial charge >= 0.3 is 0 Å². The SMILES string of the molecule is O=C1\C=C/C=C\C=C/c2ccccc21. The van der Waals surface area contributed by atoms with E-state index in [1.807, 2.05) is 48.6 Å². The predicted octanol–water partition coefficient (Wildman–Crippen LogP) is 3.01. The highest BCUT2D eigenvalue weighted by molar-refractivity contribution is 6.07. The van der Waals surface area contributed by atoms with Crippen LogP contribution in [0.2, 0.25) is 0 Å². The minimum absolute atomic E-state index is 0.0526. The first kappa shape index (κ1) is 8.70. The Kier molecular flexibility index (Phi) is 2.41. The second-order valence-corrected chi connectivity index (χ2v) is 3.05. The molecule has 0 aliphatic heterocycles. The molecule has 0 aromatic heterocycles. The zero-order valence-electron chi connectivity index (χ0n) is 7.68. The molecule has 0 saturated carbocycles. The first-order chi connectivity index (χ1) is 6.88. The molecule has 0 N–H and O–H groups in total. The van der Waals surface area contributed by atoms with Gasteiger partial charge in [-0.05, 0) is 11.6 Å². The molecule has 0 amide bonds. The van der Waals surface area contributed by atoms with E-state index in [1.54, 1.807) is 12.2 Å². The fourth-order valence-electron chi connectivity index (χ4n) is 1.39. The molecular weight excluding hydrogens is 172 g/mol. The molecule has 1 aromatic carbocycles. The minimum atomic E-state index is 0.0526. The van der Waals surface area contributed by atoms with Gasteiger partial charge in [0.05, 0.1) is 0 Å². The molecule has 0 unspecified atom stereocenters. The molecule has 0 heterocycles. The lowest BCUT2D eigenvalue weighted by Crippen LogP contribution is -1.96. The van der Waals surface area contributed by atoms with Gasteiger partial charge < -0.3 is 0 Å². The van der Waals surface area contributed by atoms with Gasteiger partial charge in [-0.25, -0.2) is 0 Å². The molecule has 68 valence electrons. The van der Waals surface area contributed by atoms with Gasteiger partial charge in [-0.2, -0.15) is 0 Å². The van der Waals surface area contributed by atoms with E-state index in [0.29, 0.717) is 0 Å². The maximum absolute atomic E-state index is 11.7. The van der Waals surface area contributed by atoms with Crippen LogP contribution in [0.5, 0.6) is 0 Å². The molecule has 0 spiro atoms. The summed E-state index contributed by atoms with van der Waals surface area (Å²) in [5, 5.41) is 0. The average molecular weight is 182 g/mol. The molecule has 1 nitrogen and oxygen atoms in total. The molecule has 0 atom stereocenters. The Bertz CT molecular complexity index is 436. The third-order valence-electron chi connectivity index (χ3n) is 2.08. The summed E-state index contributed by atoms with van der Waals surface area (Å²) in [6.07, 6.45) is 11.0. The van der Waals surface area contributed by atoms with E-state index in [0.717, 1.165) is 11.1 Å². The molecule has 14 heavy (non-hydrogen) atoms. The van der Waals surface area contributed by atoms with Crippen LogP contribution in [0.4, 0.5) is 0 Å². The number of carbonyl (C=O) groups excluding carboxylic acids is 1. The Morgan fingerprint density at radius 1 is 0.786 bits per heavy atom. The van der Waals surface area contributed by atoms with Crippen LogP contribution in [0.3, 0.4) is 0 Å². The Morgan fingerprint density at radius 3 is 2.36 bits per heavy atom. The first-order valence-electron chi connectivity index (χ1n) is 4.53. The van der Waals surface area contributed by atoms with Gasteiger partial charge in [0, 0.05) is 5.56 Å². The third-order valence-corrected chi connectivity index (χ3v) is 2.08. The number of rotatable bonds is 0. The molecule has 0 bridgehead atoms. The van der Waals surface area contributed by atoms with Crippen LogP contribution in [-0.2, 0) is 0 Å². The van der Waals surface area contributed by atoms with Crippen molar-refractivity contribution in [3.8, 4) is 0 Å². The summed E-state index contributed by atoms with van der Waals surface area (Å²) >= 11 is 0. The molecule has 1 aliphatic rings. The lowest BCUT2D eigenvalue weighted by Gasteiger charge is -2.00. The quantitative estimate of drug-likeness (QED) is 0.602. The van der Waals surface area contributed by atoms with Crippen molar-refractivity contribution in [2.24, 2.45) is 0 Å². The van der Waals surface area contributed by atoms with E-state index in [1.165, 1.54) is 0 Å². The van der Waals surface area contributed by atoms with Crippen LogP contribution < -0.4 is 0 Å². The third kappa shape index (κ3) is 1.72. The summed E-state index contributed by atoms with van der Waals surface area (Å²) in [6, 6.07) is 7.60. The number of allylic oxidation sites excluding steroid dienone is 5. The van der Waals surface area contributed by atoms with Gasteiger partial charge in [-0.1, -0.05) is 54.6 Å². The Labute approximate surface area is 83.1 Å². The number of ketones is 1. The monoisotopic (exact) mass is 182 g/mol. The van der Waals surface area contributed by atoms with E-state index < -0.39 is 0 Å². The van der Waals surface area contributed by atoms with Crippen LogP contribution in [0.25, 0.3) is 6.08 Å². The Balaban J connectivity index is 2.57. The summed E-state index contributed by atoms with van der Waals surface area (Å²) in [6.45, 7) is 0. The van der Waals surface area contributed by atoms with Crippen molar-refractivity contribution in [3.05, 3.63) is 65.8 Å². The summed E-state index contributed by atoms with van der Waals surface area (Å²) in [5.41, 5.74) is 1.72. The number of carbonyl (C=O) groups is 1. The zero-order valence-corrected chi connectivity index (χ0v) is 7.68. The van der Waals surface area contributed by atoms with Crippen LogP contribution in [0.1, 0.15) is 15.9 Å². The molecule has 1 aliphatic carbocycles. The molecule has 2 rings (SSSR count). The van der Waals surface area contributed by atoms with Crippen LogP contribution in [0.15, 0.2) is 54.6 Å². The fraction of sp³-hybridized carbons (Fsp3) is 0. The summed E-state index contributed by atoms with van der Waals surface area (Å²) in [7, 11) is 0. The van der Waals surface area contributed by atoms with Crippen molar-refractivity contribution < 1.29 is 4.79 Å². The molecule has 1 aromatic rings. The smallest absolute Gasteiger partial charge is 0.186 e. The van der Waals surface area contributed by atoms with Crippen LogP contribution in [0, 0.1) is 0 Å². The standard InChI is InChI=1S/C13H10O/c14-13-10-4-2-1-3-7-11-8-5-6-9-12(11)13/h1-10H/b2-1-,7-3-,10-4-. The van der Waals surface area contributed by atoms with Gasteiger partial charge in [-0.3, -0.25) is 4.79 Å². The minimum Gasteiger partial charge on any atom is -0.289 e. The topological polar surface area (TPSA) is 17.1 Å². The second kappa shape index (κ2) is 3.88. The van der Waals surface area contributed by atoms with Gasteiger partial charge in [0.25, 0.3) is 0 Å². The maximum Gasteiger partial charge on any atom is 0.186 e. The molecular formula is C13H10O. The predicted molar refractivity (Wildman–Crippen MR) is 58.1 cm³/mol. The van der Waals surface area contributed by atoms with E-state index >= 15 is 0 Å². The Morgan fingerprint density at radius 2 is 1.50 bits per heavy atom. The summed E-state index contributed by atoms with van der Waals surface area (Å²) in [5.74, 6) is 0.0526. The Hall–Kier alpha value is -1.89. The maximum atomic E-state index is 11.7. The highest BCUT2D eigenvalue weighted by Gasteiger charge is 2.05. The number of fused-ring (bicyclic) bond motifs is 1.